The van der Waals surface area contributed by atoms with Crippen LogP contribution in [-0.2, 0) is 41.1 Å². The van der Waals surface area contributed by atoms with E-state index in [0.29, 0.717) is 50.8 Å². The highest BCUT2D eigenvalue weighted by atomic mass is 28.4. The summed E-state index contributed by atoms with van der Waals surface area (Å²) in [4.78, 5) is 71.6. The third-order valence-electron chi connectivity index (χ3n) is 12.9. The van der Waals surface area contributed by atoms with Gasteiger partial charge in [-0.2, -0.15) is 0 Å². The Morgan fingerprint density at radius 3 is 1.97 bits per heavy atom. The average Bonchev–Trinajstić information content (AvgIpc) is 3.24. The lowest BCUT2D eigenvalue weighted by Gasteiger charge is -2.43. The Balaban J connectivity index is 1.70. The molecule has 0 radical (unpaired) electrons. The number of alkyl carbamates (subject to hydrolysis) is 1. The Hall–Kier alpha value is -4.47. The van der Waals surface area contributed by atoms with Gasteiger partial charge in [0.15, 0.2) is 8.32 Å². The molecule has 6 amide bonds. The number of imide groups is 1. The molecule has 4 N–H and O–H groups in total. The van der Waals surface area contributed by atoms with E-state index in [1.807, 2.05) is 89.2 Å². The molecule has 5 unspecified atom stereocenters. The van der Waals surface area contributed by atoms with Crippen molar-refractivity contribution in [3.8, 4) is 5.75 Å². The molecule has 1 saturated carbocycles. The highest BCUT2D eigenvalue weighted by Gasteiger charge is 2.43. The Labute approximate surface area is 389 Å². The van der Waals surface area contributed by atoms with Gasteiger partial charge in [0.1, 0.15) is 23.4 Å². The number of morpholine rings is 1. The summed E-state index contributed by atoms with van der Waals surface area (Å²) < 4.78 is 24.0. The zero-order valence-corrected chi connectivity index (χ0v) is 42.1. The zero-order valence-electron chi connectivity index (χ0n) is 41.1. The molecule has 2 aliphatic rings. The number of nitrogens with zero attached hydrogens (tertiary/aromatic N) is 1. The van der Waals surface area contributed by atoms with Gasteiger partial charge in [-0.15, -0.1) is 0 Å². The fourth-order valence-corrected chi connectivity index (χ4v) is 9.54. The Kier molecular flexibility index (Phi) is 19.9. The summed E-state index contributed by atoms with van der Waals surface area (Å²) in [6.45, 7) is 21.5. The van der Waals surface area contributed by atoms with Gasteiger partial charge >= 0.3 is 12.1 Å². The maximum atomic E-state index is 15.0. The fourth-order valence-electron chi connectivity index (χ4n) is 8.17. The van der Waals surface area contributed by atoms with Crippen LogP contribution < -0.4 is 26.0 Å². The van der Waals surface area contributed by atoms with E-state index in [9.17, 15) is 19.2 Å². The van der Waals surface area contributed by atoms with E-state index in [4.69, 9.17) is 18.6 Å². The van der Waals surface area contributed by atoms with Gasteiger partial charge < -0.3 is 39.5 Å². The molecule has 4 rings (SSSR count). The number of amides is 6. The average molecular weight is 922 g/mol. The second kappa shape index (κ2) is 24.3. The molecular weight excluding hydrogens is 843 g/mol. The topological polar surface area (TPSA) is 174 Å². The van der Waals surface area contributed by atoms with Crippen molar-refractivity contribution in [2.45, 2.75) is 161 Å². The molecule has 2 fully saturated rings. The van der Waals surface area contributed by atoms with Gasteiger partial charge in [0.2, 0.25) is 11.8 Å². The largest absolute Gasteiger partial charge is 0.497 e. The molecule has 65 heavy (non-hydrogen) atoms. The van der Waals surface area contributed by atoms with Crippen LogP contribution in [0.3, 0.4) is 0 Å². The third kappa shape index (κ3) is 17.4. The Bertz CT molecular complexity index is 1840. The minimum absolute atomic E-state index is 0.118. The van der Waals surface area contributed by atoms with E-state index in [1.165, 1.54) is 11.3 Å². The normalized spacial score (nSPS) is 17.5. The molecule has 1 heterocycles. The molecule has 1 aliphatic carbocycles. The summed E-state index contributed by atoms with van der Waals surface area (Å²) in [6, 6.07) is 13.6. The molecule has 1 aliphatic heterocycles. The van der Waals surface area contributed by atoms with Crippen LogP contribution >= 0.6 is 0 Å². The van der Waals surface area contributed by atoms with Crippen molar-refractivity contribution in [3.63, 3.8) is 0 Å². The number of benzene rings is 2. The first-order valence-electron chi connectivity index (χ1n) is 23.7. The molecule has 14 nitrogen and oxygen atoms in total. The second-order valence-electron chi connectivity index (χ2n) is 20.8. The van der Waals surface area contributed by atoms with Gasteiger partial charge in [0.05, 0.1) is 32.5 Å². The standard InChI is InChI=1S/C50H79N5O9Si/c1-34(2)43(46(58)51-41(32-36-20-16-13-17-21-36)45(57)54-47(59)55-26-28-62-29-27-55)53-44(56)38(30-37-22-24-39(61-9)25-23-37)33-42(64-65(10,11)50(6,7)8)40(31-35-18-14-12-15-19-35)52-48(60)63-49(3,4)5/h13,16-17,20-25,34-35,38,40-43H,12,14-15,18-19,26-33H2,1-11H3,(H,51,58)(H,52,60)(H,53,56)(H,54,57,59). The van der Waals surface area contributed by atoms with Crippen LogP contribution in [0.2, 0.25) is 18.1 Å². The maximum absolute atomic E-state index is 15.0. The van der Waals surface area contributed by atoms with E-state index in [2.05, 4.69) is 55.1 Å². The maximum Gasteiger partial charge on any atom is 0.407 e. The summed E-state index contributed by atoms with van der Waals surface area (Å²) in [7, 11) is -0.926. The van der Waals surface area contributed by atoms with Gasteiger partial charge in [-0.25, -0.2) is 9.59 Å². The third-order valence-corrected chi connectivity index (χ3v) is 17.4. The molecule has 2 aromatic rings. The Morgan fingerprint density at radius 1 is 0.785 bits per heavy atom. The van der Waals surface area contributed by atoms with E-state index in [-0.39, 0.29) is 29.7 Å². The number of hydrogen-bond acceptors (Lipinski definition) is 9. The van der Waals surface area contributed by atoms with Crippen LogP contribution in [-0.4, -0.2) is 106 Å². The number of urea groups is 1. The lowest BCUT2D eigenvalue weighted by molar-refractivity contribution is -0.134. The summed E-state index contributed by atoms with van der Waals surface area (Å²) in [6.07, 6.45) is 5.76. The molecule has 0 bridgehead atoms. The van der Waals surface area contributed by atoms with E-state index in [0.717, 1.165) is 36.8 Å². The molecule has 0 spiro atoms. The van der Waals surface area contributed by atoms with Crippen molar-refractivity contribution in [1.82, 2.24) is 26.2 Å². The van der Waals surface area contributed by atoms with E-state index < -0.39 is 68.0 Å². The van der Waals surface area contributed by atoms with Crippen LogP contribution in [0, 0.1) is 17.8 Å². The first-order chi connectivity index (χ1) is 30.5. The Morgan fingerprint density at radius 2 is 1.40 bits per heavy atom. The SMILES string of the molecule is COc1ccc(CC(CC(O[Si](C)(C)C(C)(C)C)C(CC2CCCCC2)NC(=O)OC(C)(C)C)C(=O)NC(C(=O)NC(Cc2ccccc2)C(=O)NC(=O)N2CCOCC2)C(C)C)cc1. The highest BCUT2D eigenvalue weighted by molar-refractivity contribution is 6.74. The van der Waals surface area contributed by atoms with Crippen molar-refractivity contribution in [3.05, 3.63) is 65.7 Å². The predicted molar refractivity (Wildman–Crippen MR) is 256 cm³/mol. The van der Waals surface area contributed by atoms with Crippen LogP contribution in [0.4, 0.5) is 9.59 Å². The molecule has 5 atom stereocenters. The van der Waals surface area contributed by atoms with Gasteiger partial charge in [-0.3, -0.25) is 19.7 Å². The van der Waals surface area contributed by atoms with Gasteiger partial charge in [-0.1, -0.05) is 109 Å². The van der Waals surface area contributed by atoms with Crippen molar-refractivity contribution < 1.29 is 42.6 Å². The lowest BCUT2D eigenvalue weighted by Crippen LogP contribution is -2.59. The first kappa shape index (κ1) is 53.1. The second-order valence-corrected chi connectivity index (χ2v) is 25.5. The van der Waals surface area contributed by atoms with Crippen LogP contribution in [0.25, 0.3) is 0 Å². The lowest BCUT2D eigenvalue weighted by atomic mass is 9.82. The monoisotopic (exact) mass is 922 g/mol. The number of hydrogen-bond donors (Lipinski definition) is 4. The smallest absolute Gasteiger partial charge is 0.407 e. The van der Waals surface area contributed by atoms with Crippen molar-refractivity contribution >= 4 is 38.2 Å². The zero-order chi connectivity index (χ0) is 48.0. The van der Waals surface area contributed by atoms with Gasteiger partial charge in [0.25, 0.3) is 5.91 Å². The van der Waals surface area contributed by atoms with E-state index >= 15 is 4.79 Å². The quantitative estimate of drug-likeness (QED) is 0.102. The number of carbonyl (C=O) groups is 5. The summed E-state index contributed by atoms with van der Waals surface area (Å²) >= 11 is 0. The fraction of sp³-hybridized carbons (Fsp3) is 0.660. The van der Waals surface area contributed by atoms with Crippen LogP contribution in [0.1, 0.15) is 111 Å². The minimum Gasteiger partial charge on any atom is -0.497 e. The van der Waals surface area contributed by atoms with E-state index in [1.54, 1.807) is 7.11 Å². The molecule has 0 aromatic heterocycles. The number of rotatable bonds is 19. The first-order valence-corrected chi connectivity index (χ1v) is 26.6. The van der Waals surface area contributed by atoms with Crippen molar-refractivity contribution in [2.24, 2.45) is 17.8 Å². The van der Waals surface area contributed by atoms with Crippen molar-refractivity contribution in [1.29, 1.82) is 0 Å². The van der Waals surface area contributed by atoms with Gasteiger partial charge in [0, 0.05) is 25.4 Å². The van der Waals surface area contributed by atoms with Crippen LogP contribution in [0.15, 0.2) is 54.6 Å². The molecule has 15 heteroatoms. The minimum atomic E-state index is -2.53. The molecule has 2 aromatic carbocycles. The van der Waals surface area contributed by atoms with Crippen molar-refractivity contribution in [2.75, 3.05) is 33.4 Å². The molecule has 1 saturated heterocycles. The van der Waals surface area contributed by atoms with Gasteiger partial charge in [-0.05, 0) is 93.3 Å². The summed E-state index contributed by atoms with van der Waals surface area (Å²) in [5, 5.41) is 11.5. The number of ether oxygens (including phenoxy) is 3. The number of methoxy groups -OCH3 is 1. The number of nitrogens with one attached hydrogen (secondary N) is 4. The predicted octanol–water partition coefficient (Wildman–Crippen LogP) is 7.93. The molecule has 362 valence electrons. The molecular formula is C50H79N5O9Si. The number of carbonyl (C=O) groups excluding carboxylic acids is 5. The summed E-state index contributed by atoms with van der Waals surface area (Å²) in [5.74, 6) is -1.63. The summed E-state index contributed by atoms with van der Waals surface area (Å²) in [5.41, 5.74) is 0.945. The highest BCUT2D eigenvalue weighted by Crippen LogP contribution is 2.40. The van der Waals surface area contributed by atoms with Crippen LogP contribution in [0.5, 0.6) is 5.75 Å².